The van der Waals surface area contributed by atoms with Crippen LogP contribution in [0.25, 0.3) is 0 Å². The van der Waals surface area contributed by atoms with Gasteiger partial charge < -0.3 is 10.1 Å². The molecule has 1 aromatic carbocycles. The molecular formula is C22H29ClN4O2. The van der Waals surface area contributed by atoms with Gasteiger partial charge in [-0.1, -0.05) is 23.7 Å². The maximum atomic E-state index is 12.4. The van der Waals surface area contributed by atoms with Crippen LogP contribution in [0.1, 0.15) is 47.4 Å². The second-order valence-corrected chi connectivity index (χ2v) is 8.81. The molecule has 156 valence electrons. The third-order valence-electron chi connectivity index (χ3n) is 6.13. The largest absolute Gasteiger partial charge is 0.370 e. The minimum absolute atomic E-state index is 0.0245. The summed E-state index contributed by atoms with van der Waals surface area (Å²) in [4.78, 5) is 14.9. The van der Waals surface area contributed by atoms with Crippen molar-refractivity contribution in [2.75, 3.05) is 19.6 Å². The van der Waals surface area contributed by atoms with Gasteiger partial charge in [-0.25, -0.2) is 0 Å². The fourth-order valence-electron chi connectivity index (χ4n) is 4.54. The standard InChI is InChI=1S/C22H29ClN4O2/c1-16-12-20(26(2)25-16)21(28)24-14-19-6-7-22(29-19)8-10-27(11-9-22)15-17-4-3-5-18(23)13-17/h3-5,12-13,19H,6-11,14-15H2,1-2H3,(H,24,28). The predicted molar refractivity (Wildman–Crippen MR) is 113 cm³/mol. The van der Waals surface area contributed by atoms with E-state index >= 15 is 0 Å². The lowest BCUT2D eigenvalue weighted by Crippen LogP contribution is -2.44. The molecule has 1 N–H and O–H groups in total. The zero-order valence-electron chi connectivity index (χ0n) is 17.2. The number of rotatable bonds is 5. The maximum Gasteiger partial charge on any atom is 0.269 e. The summed E-state index contributed by atoms with van der Waals surface area (Å²) in [6.45, 7) is 5.43. The number of benzene rings is 1. The van der Waals surface area contributed by atoms with Crippen LogP contribution in [0, 0.1) is 6.92 Å². The van der Waals surface area contributed by atoms with Gasteiger partial charge in [0.1, 0.15) is 5.69 Å². The van der Waals surface area contributed by atoms with E-state index in [9.17, 15) is 4.79 Å². The van der Waals surface area contributed by atoms with Crippen molar-refractivity contribution in [2.45, 2.75) is 50.9 Å². The van der Waals surface area contributed by atoms with Gasteiger partial charge in [0, 0.05) is 38.2 Å². The first-order valence-corrected chi connectivity index (χ1v) is 10.7. The summed E-state index contributed by atoms with van der Waals surface area (Å²) in [6, 6.07) is 9.90. The van der Waals surface area contributed by atoms with Gasteiger partial charge in [-0.15, -0.1) is 0 Å². The lowest BCUT2D eigenvalue weighted by Gasteiger charge is -2.39. The third kappa shape index (κ3) is 4.82. The minimum Gasteiger partial charge on any atom is -0.370 e. The molecule has 3 heterocycles. The van der Waals surface area contributed by atoms with Gasteiger partial charge in [-0.2, -0.15) is 5.10 Å². The van der Waals surface area contributed by atoms with Crippen molar-refractivity contribution in [2.24, 2.45) is 7.05 Å². The molecule has 0 bridgehead atoms. The van der Waals surface area contributed by atoms with Crippen molar-refractivity contribution in [1.29, 1.82) is 0 Å². The van der Waals surface area contributed by atoms with Crippen molar-refractivity contribution in [3.63, 3.8) is 0 Å². The van der Waals surface area contributed by atoms with Crippen LogP contribution in [0.5, 0.6) is 0 Å². The van der Waals surface area contributed by atoms with E-state index in [0.717, 1.165) is 56.0 Å². The molecule has 0 aliphatic carbocycles. The molecule has 1 unspecified atom stereocenters. The minimum atomic E-state index is -0.0889. The number of likely N-dealkylation sites (tertiary alicyclic amines) is 1. The smallest absolute Gasteiger partial charge is 0.269 e. The van der Waals surface area contributed by atoms with Gasteiger partial charge in [0.2, 0.25) is 0 Å². The van der Waals surface area contributed by atoms with E-state index in [0.29, 0.717) is 12.2 Å². The third-order valence-corrected chi connectivity index (χ3v) is 6.36. The Kier molecular flexibility index (Phi) is 5.95. The van der Waals surface area contributed by atoms with E-state index < -0.39 is 0 Å². The highest BCUT2D eigenvalue weighted by Crippen LogP contribution is 2.39. The molecule has 0 saturated carbocycles. The highest BCUT2D eigenvalue weighted by molar-refractivity contribution is 6.30. The van der Waals surface area contributed by atoms with Crippen LogP contribution in [0.3, 0.4) is 0 Å². The monoisotopic (exact) mass is 416 g/mol. The molecular weight excluding hydrogens is 388 g/mol. The summed E-state index contributed by atoms with van der Waals surface area (Å²) in [5.41, 5.74) is 2.66. The second kappa shape index (κ2) is 8.46. The van der Waals surface area contributed by atoms with Crippen LogP contribution < -0.4 is 5.32 Å². The molecule has 2 aromatic rings. The van der Waals surface area contributed by atoms with E-state index in [1.54, 1.807) is 11.7 Å². The van der Waals surface area contributed by atoms with Gasteiger partial charge >= 0.3 is 0 Å². The maximum absolute atomic E-state index is 12.4. The van der Waals surface area contributed by atoms with E-state index in [1.165, 1.54) is 5.56 Å². The Balaban J connectivity index is 1.24. The Labute approximate surface area is 177 Å². The van der Waals surface area contributed by atoms with Crippen LogP contribution >= 0.6 is 11.6 Å². The van der Waals surface area contributed by atoms with E-state index in [4.69, 9.17) is 16.3 Å². The van der Waals surface area contributed by atoms with Gasteiger partial charge in [0.15, 0.2) is 0 Å². The number of aromatic nitrogens is 2. The molecule has 1 aromatic heterocycles. The predicted octanol–water partition coefficient (Wildman–Crippen LogP) is 3.33. The molecule has 1 atom stereocenters. The van der Waals surface area contributed by atoms with Crippen LogP contribution in [-0.4, -0.2) is 51.9 Å². The average Bonchev–Trinajstić information content (AvgIpc) is 3.25. The van der Waals surface area contributed by atoms with Crippen molar-refractivity contribution in [3.8, 4) is 0 Å². The zero-order chi connectivity index (χ0) is 20.4. The van der Waals surface area contributed by atoms with Gasteiger partial charge in [0.25, 0.3) is 5.91 Å². The lowest BCUT2D eigenvalue weighted by atomic mass is 9.88. The first kappa shape index (κ1) is 20.4. The highest BCUT2D eigenvalue weighted by atomic mass is 35.5. The SMILES string of the molecule is Cc1cc(C(=O)NCC2CCC3(CCN(Cc4cccc(Cl)c4)CC3)O2)n(C)n1. The Hall–Kier alpha value is -1.89. The lowest BCUT2D eigenvalue weighted by molar-refractivity contribution is -0.0764. The van der Waals surface area contributed by atoms with E-state index in [-0.39, 0.29) is 17.6 Å². The molecule has 29 heavy (non-hydrogen) atoms. The van der Waals surface area contributed by atoms with Gasteiger partial charge in [-0.05, 0) is 56.4 Å². The molecule has 7 heteroatoms. The fraction of sp³-hybridized carbons (Fsp3) is 0.545. The van der Waals surface area contributed by atoms with Crippen LogP contribution in [0.15, 0.2) is 30.3 Å². The number of piperidine rings is 1. The Morgan fingerprint density at radius 1 is 1.31 bits per heavy atom. The molecule has 2 aliphatic heterocycles. The summed E-state index contributed by atoms with van der Waals surface area (Å²) in [5, 5.41) is 8.04. The molecule has 2 saturated heterocycles. The van der Waals surface area contributed by atoms with Crippen LogP contribution in [0.4, 0.5) is 0 Å². The topological polar surface area (TPSA) is 59.4 Å². The van der Waals surface area contributed by atoms with Crippen molar-refractivity contribution in [3.05, 3.63) is 52.3 Å². The van der Waals surface area contributed by atoms with Crippen LogP contribution in [-0.2, 0) is 18.3 Å². The Morgan fingerprint density at radius 3 is 2.79 bits per heavy atom. The number of ether oxygens (including phenoxy) is 1. The Bertz CT molecular complexity index is 873. The normalized spacial score (nSPS) is 21.6. The number of halogens is 1. The fourth-order valence-corrected chi connectivity index (χ4v) is 4.75. The number of carbonyl (C=O) groups excluding carboxylic acids is 1. The first-order valence-electron chi connectivity index (χ1n) is 10.4. The van der Waals surface area contributed by atoms with Gasteiger partial charge in [0.05, 0.1) is 17.4 Å². The summed E-state index contributed by atoms with van der Waals surface area (Å²) in [5.74, 6) is -0.0889. The van der Waals surface area contributed by atoms with E-state index in [2.05, 4.69) is 21.4 Å². The summed E-state index contributed by atoms with van der Waals surface area (Å²) in [6.07, 6.45) is 4.24. The van der Waals surface area contributed by atoms with Crippen molar-refractivity contribution < 1.29 is 9.53 Å². The summed E-state index contributed by atoms with van der Waals surface area (Å²) in [7, 11) is 1.79. The first-order chi connectivity index (χ1) is 13.9. The van der Waals surface area contributed by atoms with Gasteiger partial charge in [-0.3, -0.25) is 14.4 Å². The number of nitrogens with one attached hydrogen (secondary N) is 1. The summed E-state index contributed by atoms with van der Waals surface area (Å²) >= 11 is 6.10. The van der Waals surface area contributed by atoms with Crippen molar-refractivity contribution in [1.82, 2.24) is 20.0 Å². The van der Waals surface area contributed by atoms with E-state index in [1.807, 2.05) is 31.2 Å². The number of carbonyl (C=O) groups is 1. The number of hydrogen-bond donors (Lipinski definition) is 1. The molecule has 2 fully saturated rings. The number of amides is 1. The number of hydrogen-bond acceptors (Lipinski definition) is 4. The average molecular weight is 417 g/mol. The van der Waals surface area contributed by atoms with Crippen LogP contribution in [0.2, 0.25) is 5.02 Å². The molecule has 0 radical (unpaired) electrons. The molecule has 4 rings (SSSR count). The number of aryl methyl sites for hydroxylation is 2. The molecule has 6 nitrogen and oxygen atoms in total. The zero-order valence-corrected chi connectivity index (χ0v) is 17.9. The molecule has 2 aliphatic rings. The Morgan fingerprint density at radius 2 is 2.10 bits per heavy atom. The molecule has 1 amide bonds. The highest BCUT2D eigenvalue weighted by Gasteiger charge is 2.42. The number of nitrogens with zero attached hydrogens (tertiary/aromatic N) is 3. The molecule has 1 spiro atoms. The summed E-state index contributed by atoms with van der Waals surface area (Å²) < 4.78 is 8.07. The van der Waals surface area contributed by atoms with Crippen molar-refractivity contribution >= 4 is 17.5 Å². The second-order valence-electron chi connectivity index (χ2n) is 8.37. The quantitative estimate of drug-likeness (QED) is 0.812.